The fourth-order valence-corrected chi connectivity index (χ4v) is 2.81. The number of rotatable bonds is 6. The van der Waals surface area contributed by atoms with Gasteiger partial charge in [0, 0.05) is 5.56 Å². The van der Waals surface area contributed by atoms with E-state index in [1.165, 1.54) is 12.1 Å². The molecule has 0 unspecified atom stereocenters. The molecule has 0 radical (unpaired) electrons. The van der Waals surface area contributed by atoms with Gasteiger partial charge in [0.05, 0.1) is 24.1 Å². The van der Waals surface area contributed by atoms with Crippen LogP contribution in [0.2, 0.25) is 0 Å². The van der Waals surface area contributed by atoms with E-state index in [0.29, 0.717) is 23.6 Å². The average molecular weight is 353 g/mol. The predicted molar refractivity (Wildman–Crippen MR) is 98.9 cm³/mol. The van der Waals surface area contributed by atoms with Crippen LogP contribution in [0.3, 0.4) is 0 Å². The Bertz CT molecular complexity index is 921. The van der Waals surface area contributed by atoms with E-state index in [1.807, 2.05) is 31.2 Å². The number of hydrogen-bond donors (Lipinski definition) is 2. The number of benzene rings is 2. The van der Waals surface area contributed by atoms with Crippen LogP contribution in [-0.2, 0) is 6.42 Å². The number of methoxy groups -OCH3 is 1. The minimum Gasteiger partial charge on any atom is -0.496 e. The zero-order chi connectivity index (χ0) is 18.5. The van der Waals surface area contributed by atoms with Crippen molar-refractivity contribution in [2.75, 3.05) is 12.4 Å². The molecule has 0 atom stereocenters. The Labute approximate surface area is 151 Å². The molecule has 3 rings (SSSR count). The highest BCUT2D eigenvalue weighted by atomic mass is 19.1. The molecule has 0 saturated carbocycles. The van der Waals surface area contributed by atoms with Gasteiger partial charge in [-0.3, -0.25) is 9.89 Å². The number of carbonyl (C=O) groups is 1. The first-order valence-electron chi connectivity index (χ1n) is 8.42. The van der Waals surface area contributed by atoms with Gasteiger partial charge in [-0.25, -0.2) is 4.39 Å². The first-order valence-corrected chi connectivity index (χ1v) is 8.42. The predicted octanol–water partition coefficient (Wildman–Crippen LogP) is 4.43. The summed E-state index contributed by atoms with van der Waals surface area (Å²) >= 11 is 0. The number of para-hydroxylation sites is 1. The summed E-state index contributed by atoms with van der Waals surface area (Å²) in [6.45, 7) is 2.03. The highest BCUT2D eigenvalue weighted by Crippen LogP contribution is 2.35. The molecule has 0 fully saturated rings. The molecular formula is C20H20FN3O2. The van der Waals surface area contributed by atoms with Gasteiger partial charge in [0.2, 0.25) is 0 Å². The Balaban J connectivity index is 2.04. The van der Waals surface area contributed by atoms with Crippen molar-refractivity contribution >= 4 is 11.6 Å². The molecule has 0 spiro atoms. The maximum Gasteiger partial charge on any atom is 0.258 e. The van der Waals surface area contributed by atoms with Gasteiger partial charge in [-0.2, -0.15) is 5.10 Å². The lowest BCUT2D eigenvalue weighted by atomic mass is 10.1. The molecule has 1 aromatic heterocycles. The number of anilines is 1. The fourth-order valence-electron chi connectivity index (χ4n) is 2.81. The van der Waals surface area contributed by atoms with Crippen LogP contribution in [0.5, 0.6) is 5.75 Å². The third-order valence-corrected chi connectivity index (χ3v) is 4.06. The molecule has 134 valence electrons. The van der Waals surface area contributed by atoms with E-state index in [2.05, 4.69) is 15.5 Å². The number of nitrogens with zero attached hydrogens (tertiary/aromatic N) is 1. The van der Waals surface area contributed by atoms with Gasteiger partial charge in [0.15, 0.2) is 0 Å². The Morgan fingerprint density at radius 1 is 1.19 bits per heavy atom. The Morgan fingerprint density at radius 3 is 2.65 bits per heavy atom. The third kappa shape index (κ3) is 3.44. The standard InChI is InChI=1S/C20H20FN3O2/c1-3-8-16-19(22-20(25)13-9-4-6-11-15(13)21)18(24-23-16)14-10-5-7-12-17(14)26-2/h4-7,9-12H,3,8H2,1-2H3,(H,22,25)(H,23,24). The number of halogens is 1. The monoisotopic (exact) mass is 353 g/mol. The normalized spacial score (nSPS) is 10.6. The van der Waals surface area contributed by atoms with Crippen molar-refractivity contribution in [3.8, 4) is 17.0 Å². The first-order chi connectivity index (χ1) is 12.7. The molecule has 26 heavy (non-hydrogen) atoms. The lowest BCUT2D eigenvalue weighted by Gasteiger charge is -2.11. The zero-order valence-electron chi connectivity index (χ0n) is 14.7. The number of hydrogen-bond acceptors (Lipinski definition) is 3. The molecule has 3 aromatic rings. The number of amides is 1. The van der Waals surface area contributed by atoms with Gasteiger partial charge >= 0.3 is 0 Å². The Kier molecular flexibility index (Phi) is 5.31. The molecule has 6 heteroatoms. The van der Waals surface area contributed by atoms with Crippen LogP contribution in [0.4, 0.5) is 10.1 Å². The molecule has 0 aliphatic rings. The number of carbonyl (C=O) groups excluding carboxylic acids is 1. The van der Waals surface area contributed by atoms with Crippen molar-refractivity contribution in [2.24, 2.45) is 0 Å². The summed E-state index contributed by atoms with van der Waals surface area (Å²) in [6, 6.07) is 13.3. The number of H-pyrrole nitrogens is 1. The van der Waals surface area contributed by atoms with E-state index >= 15 is 0 Å². The average Bonchev–Trinajstić information content (AvgIpc) is 3.04. The van der Waals surface area contributed by atoms with Gasteiger partial charge in [-0.1, -0.05) is 37.6 Å². The summed E-state index contributed by atoms with van der Waals surface area (Å²) in [7, 11) is 1.58. The van der Waals surface area contributed by atoms with Crippen LogP contribution >= 0.6 is 0 Å². The van der Waals surface area contributed by atoms with E-state index in [4.69, 9.17) is 4.74 Å². The van der Waals surface area contributed by atoms with Gasteiger partial charge < -0.3 is 10.1 Å². The van der Waals surface area contributed by atoms with Gasteiger partial charge in [0.25, 0.3) is 5.91 Å². The third-order valence-electron chi connectivity index (χ3n) is 4.06. The molecule has 0 saturated heterocycles. The molecule has 0 aliphatic carbocycles. The van der Waals surface area contributed by atoms with E-state index in [-0.39, 0.29) is 5.56 Å². The molecule has 5 nitrogen and oxygen atoms in total. The smallest absolute Gasteiger partial charge is 0.258 e. The van der Waals surface area contributed by atoms with Crippen molar-refractivity contribution in [3.05, 3.63) is 65.6 Å². The van der Waals surface area contributed by atoms with Crippen molar-refractivity contribution in [2.45, 2.75) is 19.8 Å². The topological polar surface area (TPSA) is 67.0 Å². The van der Waals surface area contributed by atoms with E-state index < -0.39 is 11.7 Å². The van der Waals surface area contributed by atoms with Crippen molar-refractivity contribution in [1.29, 1.82) is 0 Å². The molecule has 2 N–H and O–H groups in total. The minimum absolute atomic E-state index is 0.0119. The maximum absolute atomic E-state index is 14.0. The van der Waals surface area contributed by atoms with Crippen LogP contribution in [0, 0.1) is 5.82 Å². The molecular weight excluding hydrogens is 333 g/mol. The van der Waals surface area contributed by atoms with Crippen LogP contribution < -0.4 is 10.1 Å². The largest absolute Gasteiger partial charge is 0.496 e. The summed E-state index contributed by atoms with van der Waals surface area (Å²) in [5, 5.41) is 10.2. The van der Waals surface area contributed by atoms with Crippen LogP contribution in [0.15, 0.2) is 48.5 Å². The first kappa shape index (κ1) is 17.7. The molecule has 1 amide bonds. The highest BCUT2D eigenvalue weighted by Gasteiger charge is 2.21. The quantitative estimate of drug-likeness (QED) is 0.689. The SMILES string of the molecule is CCCc1[nH]nc(-c2ccccc2OC)c1NC(=O)c1ccccc1F. The summed E-state index contributed by atoms with van der Waals surface area (Å²) in [5.74, 6) is -0.439. The zero-order valence-corrected chi connectivity index (χ0v) is 14.7. The van der Waals surface area contributed by atoms with Gasteiger partial charge in [-0.05, 0) is 30.7 Å². The van der Waals surface area contributed by atoms with Crippen LogP contribution in [0.1, 0.15) is 29.4 Å². The van der Waals surface area contributed by atoms with Crippen molar-refractivity contribution < 1.29 is 13.9 Å². The lowest BCUT2D eigenvalue weighted by molar-refractivity contribution is 0.102. The second-order valence-electron chi connectivity index (χ2n) is 5.81. The van der Waals surface area contributed by atoms with Crippen molar-refractivity contribution in [3.63, 3.8) is 0 Å². The van der Waals surface area contributed by atoms with Gasteiger partial charge in [0.1, 0.15) is 17.3 Å². The summed E-state index contributed by atoms with van der Waals surface area (Å²) < 4.78 is 19.4. The van der Waals surface area contributed by atoms with E-state index in [1.54, 1.807) is 19.2 Å². The summed E-state index contributed by atoms with van der Waals surface area (Å²) in [4.78, 5) is 12.6. The summed E-state index contributed by atoms with van der Waals surface area (Å²) in [6.07, 6.45) is 1.57. The number of nitrogens with one attached hydrogen (secondary N) is 2. The number of aromatic amines is 1. The van der Waals surface area contributed by atoms with E-state index in [9.17, 15) is 9.18 Å². The highest BCUT2D eigenvalue weighted by molar-refractivity contribution is 6.06. The number of aromatic nitrogens is 2. The van der Waals surface area contributed by atoms with Gasteiger partial charge in [-0.15, -0.1) is 0 Å². The van der Waals surface area contributed by atoms with Crippen LogP contribution in [0.25, 0.3) is 11.3 Å². The Morgan fingerprint density at radius 2 is 1.92 bits per heavy atom. The second-order valence-corrected chi connectivity index (χ2v) is 5.81. The molecule has 1 heterocycles. The Hall–Kier alpha value is -3.15. The van der Waals surface area contributed by atoms with Crippen LogP contribution in [-0.4, -0.2) is 23.2 Å². The number of ether oxygens (including phenoxy) is 1. The van der Waals surface area contributed by atoms with Crippen molar-refractivity contribution in [1.82, 2.24) is 10.2 Å². The lowest BCUT2D eigenvalue weighted by Crippen LogP contribution is -2.15. The molecule has 0 bridgehead atoms. The minimum atomic E-state index is -0.565. The molecule has 0 aliphatic heterocycles. The van der Waals surface area contributed by atoms with E-state index in [0.717, 1.165) is 17.7 Å². The second kappa shape index (κ2) is 7.82. The fraction of sp³-hybridized carbons (Fsp3) is 0.200. The number of aryl methyl sites for hydroxylation is 1. The molecule has 2 aromatic carbocycles. The maximum atomic E-state index is 14.0. The summed E-state index contributed by atoms with van der Waals surface area (Å²) in [5.41, 5.74) is 2.64.